The summed E-state index contributed by atoms with van der Waals surface area (Å²) in [5.41, 5.74) is 0. The van der Waals surface area contributed by atoms with Gasteiger partial charge in [-0.2, -0.15) is 0 Å². The molecule has 0 fully saturated rings. The summed E-state index contributed by atoms with van der Waals surface area (Å²) in [6, 6.07) is 0. The summed E-state index contributed by atoms with van der Waals surface area (Å²) in [5, 5.41) is 10.2. The van der Waals surface area contributed by atoms with Crippen molar-refractivity contribution >= 4 is 16.4 Å². The molecule has 0 saturated carbocycles. The maximum absolute atomic E-state index is 10.2. The molecular formula is C18H33K3O6S. The van der Waals surface area contributed by atoms with Gasteiger partial charge in [0.05, 0.1) is 0 Å². The van der Waals surface area contributed by atoms with Crippen molar-refractivity contribution in [3.05, 3.63) is 12.2 Å². The topological polar surface area (TPSA) is 120 Å². The fourth-order valence-corrected chi connectivity index (χ4v) is 2.34. The van der Waals surface area contributed by atoms with Crippen LogP contribution in [-0.2, 0) is 15.2 Å². The third kappa shape index (κ3) is 57.2. The van der Waals surface area contributed by atoms with E-state index in [-0.39, 0.29) is 161 Å². The van der Waals surface area contributed by atoms with Gasteiger partial charge in [0.1, 0.15) is 0 Å². The fraction of sp³-hybridized carbons (Fsp3) is 0.833. The first-order valence-electron chi connectivity index (χ1n) is 9.29. The number of rotatable bonds is 15. The zero-order chi connectivity index (χ0) is 19.4. The van der Waals surface area contributed by atoms with Crippen LogP contribution in [-0.4, -0.2) is 23.5 Å². The maximum Gasteiger partial charge on any atom is 1.00 e. The van der Waals surface area contributed by atoms with Crippen LogP contribution in [0.2, 0.25) is 0 Å². The van der Waals surface area contributed by atoms with Gasteiger partial charge in [-0.3, -0.25) is 8.42 Å². The number of carboxylic acids is 1. The molecule has 0 spiro atoms. The molecule has 0 saturated heterocycles. The van der Waals surface area contributed by atoms with Crippen molar-refractivity contribution in [2.24, 2.45) is 0 Å². The number of unbranched alkanes of at least 4 members (excludes halogenated alkanes) is 11. The minimum absolute atomic E-state index is 0. The summed E-state index contributed by atoms with van der Waals surface area (Å²) in [5.74, 6) is -0.914. The Morgan fingerprint density at radius 3 is 1.39 bits per heavy atom. The van der Waals surface area contributed by atoms with Gasteiger partial charge in [0.2, 0.25) is 0 Å². The van der Waals surface area contributed by atoms with E-state index in [1.165, 1.54) is 64.2 Å². The standard InChI is InChI=1S/C18H34O2.3K.H2O4S/c1-2-3-4-5-6-7-8-9-10-11-12-13-14-15-16-17-18(19)20;;;;1-5(2,3)4/h9-10H,2-8,11-17H2,1H3,(H,19,20);;;;(H2,1,2,3,4)/q;3*+1;/p-3/b10-9-;;;;. The average Bonchev–Trinajstić information content (AvgIpc) is 2.49. The summed E-state index contributed by atoms with van der Waals surface area (Å²) >= 11 is 0. The van der Waals surface area contributed by atoms with E-state index in [4.69, 9.17) is 17.5 Å². The number of carbonyl (C=O) groups is 1. The second-order valence-electron chi connectivity index (χ2n) is 6.11. The van der Waals surface area contributed by atoms with Crippen LogP contribution in [0.5, 0.6) is 0 Å². The van der Waals surface area contributed by atoms with Gasteiger partial charge in [-0.1, -0.05) is 70.4 Å². The Kier molecular flexibility index (Phi) is 50.0. The Morgan fingerprint density at radius 2 is 1.04 bits per heavy atom. The maximum atomic E-state index is 10.2. The van der Waals surface area contributed by atoms with Crippen LogP contribution >= 0.6 is 0 Å². The quantitative estimate of drug-likeness (QED) is 0.0736. The smallest absolute Gasteiger partial charge is 0.759 e. The molecule has 0 bridgehead atoms. The van der Waals surface area contributed by atoms with Crippen LogP contribution in [0, 0.1) is 0 Å². The normalized spacial score (nSPS) is 10.1. The van der Waals surface area contributed by atoms with Gasteiger partial charge in [-0.25, -0.2) is 0 Å². The van der Waals surface area contributed by atoms with Crippen LogP contribution in [0.15, 0.2) is 12.2 Å². The molecule has 150 valence electrons. The first kappa shape index (κ1) is 42.2. The van der Waals surface area contributed by atoms with E-state index in [0.717, 1.165) is 19.3 Å². The number of hydrogen-bond donors (Lipinski definition) is 0. The van der Waals surface area contributed by atoms with Crippen molar-refractivity contribution in [2.75, 3.05) is 0 Å². The van der Waals surface area contributed by atoms with Gasteiger partial charge in [-0.05, 0) is 38.5 Å². The molecule has 0 rings (SSSR count). The first-order valence-corrected chi connectivity index (χ1v) is 10.6. The van der Waals surface area contributed by atoms with E-state index in [9.17, 15) is 9.90 Å². The molecule has 0 radical (unpaired) electrons. The largest absolute Gasteiger partial charge is 1.00 e. The predicted octanol–water partition coefficient (Wildman–Crippen LogP) is -5.55. The van der Waals surface area contributed by atoms with E-state index >= 15 is 0 Å². The summed E-state index contributed by atoms with van der Waals surface area (Å²) in [6.45, 7) is 2.26. The van der Waals surface area contributed by atoms with Crippen molar-refractivity contribution in [3.8, 4) is 0 Å². The van der Waals surface area contributed by atoms with Crippen molar-refractivity contribution in [2.45, 2.75) is 96.8 Å². The molecule has 0 aromatic carbocycles. The van der Waals surface area contributed by atoms with Crippen molar-refractivity contribution in [3.63, 3.8) is 0 Å². The zero-order valence-electron chi connectivity index (χ0n) is 18.4. The molecular weight excluding hydrogens is 462 g/mol. The third-order valence-electron chi connectivity index (χ3n) is 3.64. The van der Waals surface area contributed by atoms with Gasteiger partial charge in [0, 0.05) is 16.4 Å². The monoisotopic (exact) mass is 494 g/mol. The van der Waals surface area contributed by atoms with Gasteiger partial charge >= 0.3 is 154 Å². The van der Waals surface area contributed by atoms with Gasteiger partial charge < -0.3 is 19.0 Å². The SMILES string of the molecule is CCCCCCCC/C=C\CCCCCCCC(=O)[O-].O=S(=O)([O-])[O-].[K+].[K+].[K+]. The Labute approximate surface area is 300 Å². The Hall–Kier alpha value is 3.99. The van der Waals surface area contributed by atoms with Crippen LogP contribution < -0.4 is 159 Å². The molecule has 0 heterocycles. The molecule has 0 atom stereocenters. The Morgan fingerprint density at radius 1 is 0.714 bits per heavy atom. The molecule has 6 nitrogen and oxygen atoms in total. The molecule has 10 heteroatoms. The average molecular weight is 495 g/mol. The number of allylic oxidation sites excluding steroid dienone is 2. The fourth-order valence-electron chi connectivity index (χ4n) is 2.34. The molecule has 0 aromatic rings. The van der Waals surface area contributed by atoms with Gasteiger partial charge in [0.15, 0.2) is 0 Å². The number of carboxylic acid groups (broad SMARTS) is 1. The predicted molar refractivity (Wildman–Crippen MR) is 94.9 cm³/mol. The van der Waals surface area contributed by atoms with Crippen molar-refractivity contribution < 1.29 is 182 Å². The van der Waals surface area contributed by atoms with Crippen molar-refractivity contribution in [1.82, 2.24) is 0 Å². The van der Waals surface area contributed by atoms with Gasteiger partial charge in [0.25, 0.3) is 0 Å². The van der Waals surface area contributed by atoms with E-state index in [2.05, 4.69) is 19.1 Å². The minimum Gasteiger partial charge on any atom is -0.759 e. The molecule has 0 N–H and O–H groups in total. The van der Waals surface area contributed by atoms with E-state index < -0.39 is 16.4 Å². The molecule has 0 aromatic heterocycles. The van der Waals surface area contributed by atoms with E-state index in [1.54, 1.807) is 0 Å². The Bertz CT molecular complexity index is 423. The van der Waals surface area contributed by atoms with Crippen molar-refractivity contribution in [1.29, 1.82) is 0 Å². The first-order chi connectivity index (χ1) is 11.8. The van der Waals surface area contributed by atoms with Gasteiger partial charge in [-0.15, -0.1) is 0 Å². The summed E-state index contributed by atoms with van der Waals surface area (Å²) in [4.78, 5) is 10.2. The Balaban J connectivity index is -0.000000195. The summed E-state index contributed by atoms with van der Waals surface area (Å²) < 4.78 is 34.1. The van der Waals surface area contributed by atoms with Crippen LogP contribution in [0.4, 0.5) is 0 Å². The summed E-state index contributed by atoms with van der Waals surface area (Å²) in [6.07, 6.45) is 20.9. The second kappa shape index (κ2) is 33.2. The minimum atomic E-state index is -5.17. The van der Waals surface area contributed by atoms with E-state index in [1.807, 2.05) is 0 Å². The van der Waals surface area contributed by atoms with Crippen LogP contribution in [0.1, 0.15) is 96.8 Å². The molecule has 28 heavy (non-hydrogen) atoms. The number of aliphatic carboxylic acids is 1. The molecule has 0 aliphatic rings. The molecule has 0 unspecified atom stereocenters. The number of hydrogen-bond acceptors (Lipinski definition) is 6. The summed E-state index contributed by atoms with van der Waals surface area (Å²) in [7, 11) is -5.17. The van der Waals surface area contributed by atoms with E-state index in [0.29, 0.717) is 0 Å². The number of carbonyl (C=O) groups excluding carboxylic acids is 1. The molecule has 0 aliphatic carbocycles. The van der Waals surface area contributed by atoms with Crippen LogP contribution in [0.25, 0.3) is 0 Å². The van der Waals surface area contributed by atoms with Crippen LogP contribution in [0.3, 0.4) is 0 Å². The molecule has 0 aliphatic heterocycles. The molecule has 0 amide bonds. The third-order valence-corrected chi connectivity index (χ3v) is 3.64. The second-order valence-corrected chi connectivity index (χ2v) is 6.93. The zero-order valence-corrected chi connectivity index (χ0v) is 28.6.